The van der Waals surface area contributed by atoms with E-state index in [1.165, 1.54) is 36.5 Å². The van der Waals surface area contributed by atoms with Crippen LogP contribution in [0.5, 0.6) is 0 Å². The molecule has 0 spiro atoms. The van der Waals surface area contributed by atoms with E-state index >= 15 is 0 Å². The molecule has 1 N–H and O–H groups in total. The van der Waals surface area contributed by atoms with Gasteiger partial charge in [-0.3, -0.25) is 4.90 Å². The van der Waals surface area contributed by atoms with Gasteiger partial charge in [-0.2, -0.15) is 4.37 Å². The molecule has 0 amide bonds. The minimum atomic E-state index is 0.486. The number of rotatable bonds is 5. The van der Waals surface area contributed by atoms with Crippen molar-refractivity contribution in [3.8, 4) is 0 Å². The lowest BCUT2D eigenvalue weighted by atomic mass is 10.1. The highest BCUT2D eigenvalue weighted by Gasteiger charge is 2.20. The summed E-state index contributed by atoms with van der Waals surface area (Å²) in [5, 5.41) is 4.53. The Bertz CT molecular complexity index is 554. The molecule has 2 aromatic rings. The molecule has 0 radical (unpaired) electrons. The standard InChI is InChI=1S/C16H22N4S/c1-2-15-18-16(21-19-15)17-14-9-6-10-20(12-14)11-13-7-4-3-5-8-13/h3-5,7-8,14H,2,6,9-12H2,1H3,(H,17,18,19). The van der Waals surface area contributed by atoms with Crippen molar-refractivity contribution in [2.75, 3.05) is 18.4 Å². The van der Waals surface area contributed by atoms with Gasteiger partial charge in [0.1, 0.15) is 5.82 Å². The molecule has 5 heteroatoms. The van der Waals surface area contributed by atoms with Crippen LogP contribution >= 0.6 is 11.5 Å². The maximum Gasteiger partial charge on any atom is 0.202 e. The fraction of sp³-hybridized carbons (Fsp3) is 0.500. The Morgan fingerprint density at radius 2 is 2.19 bits per heavy atom. The van der Waals surface area contributed by atoms with Crippen molar-refractivity contribution < 1.29 is 0 Å². The SMILES string of the molecule is CCc1nsc(NC2CCCN(Cc3ccccc3)C2)n1. The third kappa shape index (κ3) is 4.02. The van der Waals surface area contributed by atoms with Gasteiger partial charge in [0, 0.05) is 37.1 Å². The molecule has 1 aromatic heterocycles. The van der Waals surface area contributed by atoms with E-state index in [0.717, 1.165) is 30.5 Å². The van der Waals surface area contributed by atoms with E-state index in [1.54, 1.807) is 0 Å². The first-order chi connectivity index (χ1) is 10.3. The van der Waals surface area contributed by atoms with Gasteiger partial charge in [0.25, 0.3) is 0 Å². The Kier molecular flexibility index (Phi) is 4.83. The van der Waals surface area contributed by atoms with Crippen molar-refractivity contribution in [3.63, 3.8) is 0 Å². The third-order valence-corrected chi connectivity index (χ3v) is 4.55. The highest BCUT2D eigenvalue weighted by atomic mass is 32.1. The number of nitrogens with zero attached hydrogens (tertiary/aromatic N) is 3. The van der Waals surface area contributed by atoms with Crippen LogP contribution in [0.3, 0.4) is 0 Å². The molecular weight excluding hydrogens is 280 g/mol. The Morgan fingerprint density at radius 3 is 2.95 bits per heavy atom. The lowest BCUT2D eigenvalue weighted by Crippen LogP contribution is -2.41. The van der Waals surface area contributed by atoms with Gasteiger partial charge in [-0.15, -0.1) is 0 Å². The summed E-state index contributed by atoms with van der Waals surface area (Å²) in [7, 11) is 0. The number of anilines is 1. The highest BCUT2D eigenvalue weighted by molar-refractivity contribution is 7.09. The van der Waals surface area contributed by atoms with Crippen LogP contribution < -0.4 is 5.32 Å². The molecule has 2 heterocycles. The highest BCUT2D eigenvalue weighted by Crippen LogP contribution is 2.19. The molecular formula is C16H22N4S. The molecule has 1 aliphatic heterocycles. The van der Waals surface area contributed by atoms with Crippen molar-refractivity contribution in [2.45, 2.75) is 38.8 Å². The number of nitrogens with one attached hydrogen (secondary N) is 1. The molecule has 1 saturated heterocycles. The number of hydrogen-bond donors (Lipinski definition) is 1. The summed E-state index contributed by atoms with van der Waals surface area (Å²) in [6, 6.07) is 11.2. The van der Waals surface area contributed by atoms with Crippen molar-refractivity contribution in [1.29, 1.82) is 0 Å². The predicted octanol–water partition coefficient (Wildman–Crippen LogP) is 3.18. The van der Waals surface area contributed by atoms with E-state index in [4.69, 9.17) is 0 Å². The van der Waals surface area contributed by atoms with Gasteiger partial charge in [-0.25, -0.2) is 4.98 Å². The number of likely N-dealkylation sites (tertiary alicyclic amines) is 1. The van der Waals surface area contributed by atoms with Crippen LogP contribution in [0.4, 0.5) is 5.13 Å². The summed E-state index contributed by atoms with van der Waals surface area (Å²) in [5.41, 5.74) is 1.39. The van der Waals surface area contributed by atoms with Crippen LogP contribution in [0.1, 0.15) is 31.2 Å². The van der Waals surface area contributed by atoms with E-state index in [0.29, 0.717) is 6.04 Å². The lowest BCUT2D eigenvalue weighted by Gasteiger charge is -2.33. The second-order valence-electron chi connectivity index (χ2n) is 5.57. The summed E-state index contributed by atoms with van der Waals surface area (Å²) in [5.74, 6) is 0.944. The first kappa shape index (κ1) is 14.5. The Hall–Kier alpha value is -1.46. The average molecular weight is 302 g/mol. The quantitative estimate of drug-likeness (QED) is 0.921. The van der Waals surface area contributed by atoms with Gasteiger partial charge < -0.3 is 5.32 Å². The fourth-order valence-electron chi connectivity index (χ4n) is 2.79. The summed E-state index contributed by atoms with van der Waals surface area (Å²) >= 11 is 1.48. The van der Waals surface area contributed by atoms with Gasteiger partial charge in [-0.1, -0.05) is 37.3 Å². The van der Waals surface area contributed by atoms with Gasteiger partial charge >= 0.3 is 0 Å². The Balaban J connectivity index is 1.55. The number of benzene rings is 1. The predicted molar refractivity (Wildman–Crippen MR) is 87.7 cm³/mol. The number of piperidine rings is 1. The third-order valence-electron chi connectivity index (χ3n) is 3.87. The zero-order valence-corrected chi connectivity index (χ0v) is 13.3. The first-order valence-corrected chi connectivity index (χ1v) is 8.46. The molecule has 112 valence electrons. The Morgan fingerprint density at radius 1 is 1.33 bits per heavy atom. The van der Waals surface area contributed by atoms with Crippen LogP contribution in [0.15, 0.2) is 30.3 Å². The number of hydrogen-bond acceptors (Lipinski definition) is 5. The van der Waals surface area contributed by atoms with Crippen molar-refractivity contribution in [1.82, 2.24) is 14.3 Å². The second kappa shape index (κ2) is 7.00. The van der Waals surface area contributed by atoms with Gasteiger partial charge in [0.15, 0.2) is 0 Å². The summed E-state index contributed by atoms with van der Waals surface area (Å²) < 4.78 is 4.34. The van der Waals surface area contributed by atoms with E-state index in [2.05, 4.69) is 56.8 Å². The fourth-order valence-corrected chi connectivity index (χ4v) is 3.52. The molecule has 1 unspecified atom stereocenters. The molecule has 1 fully saturated rings. The molecule has 4 nitrogen and oxygen atoms in total. The lowest BCUT2D eigenvalue weighted by molar-refractivity contribution is 0.208. The molecule has 0 saturated carbocycles. The summed E-state index contributed by atoms with van der Waals surface area (Å²) in [4.78, 5) is 7.04. The average Bonchev–Trinajstić information content (AvgIpc) is 2.96. The second-order valence-corrected chi connectivity index (χ2v) is 6.33. The molecule has 0 aliphatic carbocycles. The van der Waals surface area contributed by atoms with E-state index in [9.17, 15) is 0 Å². The zero-order chi connectivity index (χ0) is 14.5. The minimum absolute atomic E-state index is 0.486. The van der Waals surface area contributed by atoms with Gasteiger partial charge in [-0.05, 0) is 24.9 Å². The first-order valence-electron chi connectivity index (χ1n) is 7.69. The van der Waals surface area contributed by atoms with Crippen LogP contribution in [0.25, 0.3) is 0 Å². The van der Waals surface area contributed by atoms with Crippen LogP contribution in [0, 0.1) is 0 Å². The van der Waals surface area contributed by atoms with E-state index < -0.39 is 0 Å². The van der Waals surface area contributed by atoms with Crippen LogP contribution in [-0.4, -0.2) is 33.4 Å². The molecule has 1 aliphatic rings. The Labute approximate surface area is 130 Å². The van der Waals surface area contributed by atoms with Crippen molar-refractivity contribution in [3.05, 3.63) is 41.7 Å². The maximum absolute atomic E-state index is 4.51. The minimum Gasteiger partial charge on any atom is -0.356 e. The summed E-state index contributed by atoms with van der Waals surface area (Å²) in [6.07, 6.45) is 3.36. The zero-order valence-electron chi connectivity index (χ0n) is 12.5. The van der Waals surface area contributed by atoms with Crippen molar-refractivity contribution >= 4 is 16.7 Å². The molecule has 1 aromatic carbocycles. The largest absolute Gasteiger partial charge is 0.356 e. The van der Waals surface area contributed by atoms with Crippen LogP contribution in [-0.2, 0) is 13.0 Å². The topological polar surface area (TPSA) is 41.1 Å². The van der Waals surface area contributed by atoms with E-state index in [-0.39, 0.29) is 0 Å². The van der Waals surface area contributed by atoms with Gasteiger partial charge in [0.05, 0.1) is 0 Å². The molecule has 21 heavy (non-hydrogen) atoms. The number of aromatic nitrogens is 2. The van der Waals surface area contributed by atoms with Crippen LogP contribution in [0.2, 0.25) is 0 Å². The van der Waals surface area contributed by atoms with E-state index in [1.807, 2.05) is 0 Å². The van der Waals surface area contributed by atoms with Crippen molar-refractivity contribution in [2.24, 2.45) is 0 Å². The maximum atomic E-state index is 4.51. The molecule has 0 bridgehead atoms. The van der Waals surface area contributed by atoms with Gasteiger partial charge in [0.2, 0.25) is 5.13 Å². The molecule has 1 atom stereocenters. The normalized spacial score (nSPS) is 19.6. The molecule has 3 rings (SSSR count). The monoisotopic (exact) mass is 302 g/mol. The smallest absolute Gasteiger partial charge is 0.202 e. The number of aryl methyl sites for hydroxylation is 1. The summed E-state index contributed by atoms with van der Waals surface area (Å²) in [6.45, 7) is 5.39.